The van der Waals surface area contributed by atoms with Crippen molar-refractivity contribution in [2.24, 2.45) is 5.92 Å². The molecule has 1 saturated carbocycles. The summed E-state index contributed by atoms with van der Waals surface area (Å²) in [4.78, 5) is 0. The zero-order valence-corrected chi connectivity index (χ0v) is 15.5. The molecule has 6 heteroatoms. The summed E-state index contributed by atoms with van der Waals surface area (Å²) in [6, 6.07) is 12.4. The molecule has 1 heterocycles. The number of nitrogens with zero attached hydrogens (tertiary/aromatic N) is 2. The molecule has 0 bridgehead atoms. The maximum Gasteiger partial charge on any atom is 0.171 e. The molecule has 0 spiro atoms. The van der Waals surface area contributed by atoms with Crippen molar-refractivity contribution in [2.75, 3.05) is 10.6 Å². The summed E-state index contributed by atoms with van der Waals surface area (Å²) in [5, 5.41) is 28.2. The topological polar surface area (TPSA) is 89.6 Å². The molecular weight excluding hydrogens is 324 g/mol. The molecule has 0 amide bonds. The van der Waals surface area contributed by atoms with E-state index in [1.807, 2.05) is 38.1 Å². The van der Waals surface area contributed by atoms with Crippen LogP contribution in [0.2, 0.25) is 0 Å². The molecule has 0 unspecified atom stereocenters. The Morgan fingerprint density at radius 2 is 1.92 bits per heavy atom. The molecule has 1 aromatic carbocycles. The van der Waals surface area contributed by atoms with Crippen LogP contribution in [0.5, 0.6) is 0 Å². The van der Waals surface area contributed by atoms with Crippen molar-refractivity contribution in [3.8, 4) is 0 Å². The van der Waals surface area contributed by atoms with Crippen LogP contribution in [-0.2, 0) is 6.54 Å². The number of anilines is 2. The van der Waals surface area contributed by atoms with Gasteiger partial charge in [-0.2, -0.15) is 4.68 Å². The Morgan fingerprint density at radius 1 is 1.23 bits per heavy atom. The highest BCUT2D eigenvalue weighted by Gasteiger charge is 2.17. The molecule has 0 atom stereocenters. The summed E-state index contributed by atoms with van der Waals surface area (Å²) in [6.45, 7) is 4.53. The molecule has 0 aliphatic heterocycles. The van der Waals surface area contributed by atoms with Crippen molar-refractivity contribution in [3.63, 3.8) is 0 Å². The summed E-state index contributed by atoms with van der Waals surface area (Å²) in [7, 11) is 0. The maximum absolute atomic E-state index is 8.49. The molecular formula is C20H28N6. The highest BCUT2D eigenvalue weighted by atomic mass is 15.3. The Kier molecular flexibility index (Phi) is 5.71. The monoisotopic (exact) mass is 352 g/mol. The predicted octanol–water partition coefficient (Wildman–Crippen LogP) is 3.81. The van der Waals surface area contributed by atoms with E-state index in [2.05, 4.69) is 27.9 Å². The second kappa shape index (κ2) is 8.17. The molecule has 1 aromatic heterocycles. The van der Waals surface area contributed by atoms with Crippen LogP contribution >= 0.6 is 0 Å². The minimum absolute atomic E-state index is 0.000281. The maximum atomic E-state index is 8.49. The first kappa shape index (κ1) is 18.2. The van der Waals surface area contributed by atoms with Crippen LogP contribution in [0.1, 0.15) is 45.1 Å². The smallest absolute Gasteiger partial charge is 0.171 e. The van der Waals surface area contributed by atoms with Gasteiger partial charge in [-0.05, 0) is 18.4 Å². The van der Waals surface area contributed by atoms with Gasteiger partial charge in [0.15, 0.2) is 5.49 Å². The van der Waals surface area contributed by atoms with Gasteiger partial charge in [0.05, 0.1) is 5.69 Å². The molecule has 6 nitrogen and oxygen atoms in total. The fraction of sp³-hybridized carbons (Fsp3) is 0.450. The third-order valence-corrected chi connectivity index (χ3v) is 4.76. The number of hydrogen-bond acceptors (Lipinski definition) is 5. The van der Waals surface area contributed by atoms with Crippen molar-refractivity contribution in [3.05, 3.63) is 47.4 Å². The van der Waals surface area contributed by atoms with E-state index in [1.165, 1.54) is 17.5 Å². The van der Waals surface area contributed by atoms with Crippen molar-refractivity contribution < 1.29 is 0 Å². The highest BCUT2D eigenvalue weighted by molar-refractivity contribution is 5.83. The molecule has 0 radical (unpaired) electrons. The Balaban J connectivity index is 1.88. The summed E-state index contributed by atoms with van der Waals surface area (Å²) in [5.74, 6) is 1.06. The van der Waals surface area contributed by atoms with Crippen molar-refractivity contribution in [1.29, 1.82) is 10.8 Å². The number of rotatable bonds is 6. The van der Waals surface area contributed by atoms with Gasteiger partial charge in [0.25, 0.3) is 0 Å². The highest BCUT2D eigenvalue weighted by Crippen LogP contribution is 2.22. The fourth-order valence-electron chi connectivity index (χ4n) is 3.20. The summed E-state index contributed by atoms with van der Waals surface area (Å²) in [5.41, 5.74) is 2.06. The van der Waals surface area contributed by atoms with E-state index in [0.717, 1.165) is 24.2 Å². The van der Waals surface area contributed by atoms with Gasteiger partial charge < -0.3 is 10.6 Å². The number of hydrogen-bond donors (Lipinski definition) is 4. The van der Waals surface area contributed by atoms with Crippen LogP contribution in [0, 0.1) is 16.7 Å². The van der Waals surface area contributed by atoms with Crippen molar-refractivity contribution in [1.82, 2.24) is 9.78 Å². The van der Waals surface area contributed by atoms with Crippen molar-refractivity contribution in [2.45, 2.75) is 52.1 Å². The zero-order valence-electron chi connectivity index (χ0n) is 15.5. The Hall–Kier alpha value is -2.63. The van der Waals surface area contributed by atoms with Crippen LogP contribution in [0.25, 0.3) is 0 Å². The Labute approximate surface area is 154 Å². The largest absolute Gasteiger partial charge is 0.378 e. The van der Waals surface area contributed by atoms with Gasteiger partial charge in [-0.3, -0.25) is 10.8 Å². The van der Waals surface area contributed by atoms with E-state index < -0.39 is 0 Å². The van der Waals surface area contributed by atoms with E-state index in [0.29, 0.717) is 24.1 Å². The first-order chi connectivity index (χ1) is 12.5. The minimum atomic E-state index is 0.000281. The summed E-state index contributed by atoms with van der Waals surface area (Å²) < 4.78 is 1.44. The summed E-state index contributed by atoms with van der Waals surface area (Å²) >= 11 is 0. The van der Waals surface area contributed by atoms with Gasteiger partial charge in [-0.1, -0.05) is 57.0 Å². The molecule has 138 valence electrons. The van der Waals surface area contributed by atoms with Crippen LogP contribution < -0.4 is 16.1 Å². The van der Waals surface area contributed by atoms with Crippen LogP contribution in [0.4, 0.5) is 11.5 Å². The van der Waals surface area contributed by atoms with E-state index in [-0.39, 0.29) is 11.4 Å². The van der Waals surface area contributed by atoms with Crippen LogP contribution in [-0.4, -0.2) is 21.7 Å². The molecule has 0 saturated heterocycles. The zero-order chi connectivity index (χ0) is 18.5. The third kappa shape index (κ3) is 4.31. The van der Waals surface area contributed by atoms with E-state index in [1.54, 1.807) is 0 Å². The lowest BCUT2D eigenvalue weighted by molar-refractivity contribution is 0.709. The van der Waals surface area contributed by atoms with Gasteiger partial charge in [0.2, 0.25) is 0 Å². The molecule has 3 rings (SSSR count). The standard InChI is InChI=1S/C20H28N6/c1-14(2)19(21)26-20(22)17(23-13-15-8-4-3-5-9-15)12-18(25-26)24-16-10-6-7-11-16/h3-5,8-9,12,14,16,21-23H,6-7,10-11,13H2,1-2H3,(H,24,25). The van der Waals surface area contributed by atoms with Gasteiger partial charge in [0.1, 0.15) is 11.7 Å². The Morgan fingerprint density at radius 3 is 2.58 bits per heavy atom. The molecule has 26 heavy (non-hydrogen) atoms. The molecule has 1 aliphatic rings. The SMILES string of the molecule is CC(C)C(=N)n1nc(NC2CCCC2)cc(NCc2ccccc2)c1=N. The number of benzene rings is 1. The quantitative estimate of drug-likeness (QED) is 0.471. The fourth-order valence-corrected chi connectivity index (χ4v) is 3.20. The normalized spacial score (nSPS) is 14.6. The second-order valence-electron chi connectivity index (χ2n) is 7.21. The molecule has 2 aromatic rings. The van der Waals surface area contributed by atoms with Gasteiger partial charge >= 0.3 is 0 Å². The second-order valence-corrected chi connectivity index (χ2v) is 7.21. The van der Waals surface area contributed by atoms with Crippen molar-refractivity contribution >= 4 is 17.3 Å². The van der Waals surface area contributed by atoms with E-state index in [4.69, 9.17) is 10.8 Å². The molecule has 1 fully saturated rings. The lowest BCUT2D eigenvalue weighted by Gasteiger charge is -2.18. The van der Waals surface area contributed by atoms with Gasteiger partial charge in [-0.25, -0.2) is 0 Å². The first-order valence-corrected chi connectivity index (χ1v) is 9.36. The average molecular weight is 352 g/mol. The third-order valence-electron chi connectivity index (χ3n) is 4.76. The summed E-state index contributed by atoms with van der Waals surface area (Å²) in [6.07, 6.45) is 4.79. The minimum Gasteiger partial charge on any atom is -0.378 e. The van der Waals surface area contributed by atoms with Gasteiger partial charge in [-0.15, -0.1) is 5.10 Å². The molecule has 4 N–H and O–H groups in total. The van der Waals surface area contributed by atoms with E-state index >= 15 is 0 Å². The van der Waals surface area contributed by atoms with E-state index in [9.17, 15) is 0 Å². The first-order valence-electron chi connectivity index (χ1n) is 9.36. The molecule has 1 aliphatic carbocycles. The van der Waals surface area contributed by atoms with Crippen LogP contribution in [0.3, 0.4) is 0 Å². The lowest BCUT2D eigenvalue weighted by atomic mass is 10.2. The predicted molar refractivity (Wildman–Crippen MR) is 106 cm³/mol. The van der Waals surface area contributed by atoms with Crippen LogP contribution in [0.15, 0.2) is 36.4 Å². The average Bonchev–Trinajstić information content (AvgIpc) is 3.15. The number of aromatic nitrogens is 2. The Bertz CT molecular complexity index is 803. The number of nitrogens with one attached hydrogen (secondary N) is 4. The van der Waals surface area contributed by atoms with Gasteiger partial charge in [0, 0.05) is 24.6 Å². The lowest BCUT2D eigenvalue weighted by Crippen LogP contribution is -2.35.